The van der Waals surface area contributed by atoms with Crippen molar-refractivity contribution in [2.24, 2.45) is 0 Å². The number of fused-ring (bicyclic) bond motifs is 3. The summed E-state index contributed by atoms with van der Waals surface area (Å²) in [4.78, 5) is 16.9. The Kier molecular flexibility index (Phi) is 7.59. The van der Waals surface area contributed by atoms with Crippen molar-refractivity contribution in [2.75, 3.05) is 13.6 Å². The highest BCUT2D eigenvalue weighted by Crippen LogP contribution is 2.38. The number of benzene rings is 1. The summed E-state index contributed by atoms with van der Waals surface area (Å²) in [6.07, 6.45) is 7.95. The molecule has 0 aliphatic heterocycles. The van der Waals surface area contributed by atoms with E-state index < -0.39 is 11.6 Å². The van der Waals surface area contributed by atoms with Gasteiger partial charge in [0.1, 0.15) is 11.6 Å². The van der Waals surface area contributed by atoms with Gasteiger partial charge >= 0.3 is 5.97 Å². The third kappa shape index (κ3) is 5.06. The molecule has 0 saturated heterocycles. The predicted octanol–water partition coefficient (Wildman–Crippen LogP) is 5.46. The van der Waals surface area contributed by atoms with Crippen LogP contribution in [0.3, 0.4) is 0 Å². The van der Waals surface area contributed by atoms with Gasteiger partial charge in [-0.25, -0.2) is 9.48 Å². The van der Waals surface area contributed by atoms with Crippen LogP contribution in [0.1, 0.15) is 65.0 Å². The number of aromatic nitrogens is 3. The van der Waals surface area contributed by atoms with E-state index >= 15 is 0 Å². The van der Waals surface area contributed by atoms with Gasteiger partial charge in [0.15, 0.2) is 0 Å². The third-order valence-corrected chi connectivity index (χ3v) is 10.5. The van der Waals surface area contributed by atoms with Crippen molar-refractivity contribution in [3.05, 3.63) is 67.5 Å². The number of esters is 1. The van der Waals surface area contributed by atoms with E-state index in [0.29, 0.717) is 15.8 Å². The molecule has 1 aromatic carbocycles. The van der Waals surface area contributed by atoms with Crippen LogP contribution in [0.15, 0.2) is 41.1 Å². The Morgan fingerprint density at radius 2 is 1.82 bits per heavy atom. The number of aliphatic hydroxyl groups is 1. The Bertz CT molecular complexity index is 1390. The molecule has 7 nitrogen and oxygen atoms in total. The predicted molar refractivity (Wildman–Crippen MR) is 155 cm³/mol. The molecule has 0 spiro atoms. The normalized spacial score (nSPS) is 19.6. The molecule has 9 heteroatoms. The fourth-order valence-corrected chi connectivity index (χ4v) is 8.12. The van der Waals surface area contributed by atoms with Crippen molar-refractivity contribution in [3.63, 3.8) is 0 Å². The monoisotopic (exact) mass is 564 g/mol. The molecule has 3 aromatic heterocycles. The highest BCUT2D eigenvalue weighted by atomic mass is 32.1. The minimum absolute atomic E-state index is 0.166. The molecule has 2 aliphatic carbocycles. The molecule has 1 N–H and O–H groups in total. The number of thiophene rings is 2. The van der Waals surface area contributed by atoms with Crippen molar-refractivity contribution >= 4 is 39.7 Å². The molecule has 4 aromatic rings. The SMILES string of the molecule is Cc1cc2nnn(CCCN(C)C3CCC(OC(=O)C(O)(c4cccs4)c4cccs4)CC3)c2c2c1CCC2. The highest BCUT2D eigenvalue weighted by molar-refractivity contribution is 7.12. The second-order valence-electron chi connectivity index (χ2n) is 11.0. The fourth-order valence-electron chi connectivity index (χ4n) is 6.41. The minimum Gasteiger partial charge on any atom is -0.460 e. The number of rotatable bonds is 9. The Labute approximate surface area is 237 Å². The second kappa shape index (κ2) is 11.1. The van der Waals surface area contributed by atoms with Gasteiger partial charge in [-0.05, 0) is 118 Å². The molecular weight excluding hydrogens is 528 g/mol. The van der Waals surface area contributed by atoms with Crippen LogP contribution >= 0.6 is 22.7 Å². The van der Waals surface area contributed by atoms with Crippen LogP contribution < -0.4 is 0 Å². The lowest BCUT2D eigenvalue weighted by atomic mass is 9.91. The van der Waals surface area contributed by atoms with Gasteiger partial charge in [-0.15, -0.1) is 27.8 Å². The average molecular weight is 565 g/mol. The lowest BCUT2D eigenvalue weighted by Crippen LogP contribution is -2.42. The Hall–Kier alpha value is -2.59. The number of carbonyl (C=O) groups is 1. The third-order valence-electron chi connectivity index (χ3n) is 8.57. The zero-order valence-electron chi connectivity index (χ0n) is 22.6. The van der Waals surface area contributed by atoms with E-state index in [1.807, 2.05) is 22.9 Å². The van der Waals surface area contributed by atoms with Crippen molar-refractivity contribution < 1.29 is 14.6 Å². The van der Waals surface area contributed by atoms with E-state index in [9.17, 15) is 9.90 Å². The van der Waals surface area contributed by atoms with E-state index in [1.54, 1.807) is 12.1 Å². The summed E-state index contributed by atoms with van der Waals surface area (Å²) in [5.74, 6) is -0.564. The number of carbonyl (C=O) groups excluding carboxylic acids is 1. The Balaban J connectivity index is 1.02. The smallest absolute Gasteiger partial charge is 0.349 e. The molecular formula is C30H36N4O3S2. The van der Waals surface area contributed by atoms with Gasteiger partial charge < -0.3 is 14.7 Å². The largest absolute Gasteiger partial charge is 0.460 e. The molecule has 0 unspecified atom stereocenters. The summed E-state index contributed by atoms with van der Waals surface area (Å²) < 4.78 is 8.05. The number of ether oxygens (including phenoxy) is 1. The molecule has 206 valence electrons. The van der Waals surface area contributed by atoms with Crippen LogP contribution in [0, 0.1) is 6.92 Å². The number of aryl methyl sites for hydroxylation is 3. The summed E-state index contributed by atoms with van der Waals surface area (Å²) in [6, 6.07) is 9.97. The van der Waals surface area contributed by atoms with Crippen LogP contribution in [-0.2, 0) is 34.5 Å². The maximum atomic E-state index is 13.3. The molecule has 0 bridgehead atoms. The van der Waals surface area contributed by atoms with Gasteiger partial charge in [-0.2, -0.15) is 0 Å². The van der Waals surface area contributed by atoms with Gasteiger partial charge in [-0.3, -0.25) is 0 Å². The summed E-state index contributed by atoms with van der Waals surface area (Å²) in [5, 5.41) is 24.2. The van der Waals surface area contributed by atoms with Gasteiger partial charge in [0.2, 0.25) is 5.60 Å². The fraction of sp³-hybridized carbons (Fsp3) is 0.500. The second-order valence-corrected chi connectivity index (χ2v) is 12.9. The van der Waals surface area contributed by atoms with Crippen molar-refractivity contribution in [2.45, 2.75) is 82.6 Å². The van der Waals surface area contributed by atoms with Crippen LogP contribution in [0.25, 0.3) is 11.0 Å². The molecule has 0 amide bonds. The quantitative estimate of drug-likeness (QED) is 0.272. The summed E-state index contributed by atoms with van der Waals surface area (Å²) in [5.41, 5.74) is 4.85. The number of hydrogen-bond acceptors (Lipinski definition) is 8. The van der Waals surface area contributed by atoms with Crippen LogP contribution in [0.4, 0.5) is 0 Å². The first-order valence-corrected chi connectivity index (χ1v) is 15.8. The van der Waals surface area contributed by atoms with E-state index in [0.717, 1.165) is 57.1 Å². The minimum atomic E-state index is -1.74. The first-order valence-electron chi connectivity index (χ1n) is 14.0. The average Bonchev–Trinajstić information content (AvgIpc) is 3.75. The zero-order valence-corrected chi connectivity index (χ0v) is 24.3. The molecule has 39 heavy (non-hydrogen) atoms. The number of hydrogen-bond donors (Lipinski definition) is 1. The first kappa shape index (κ1) is 26.6. The molecule has 1 fully saturated rings. The van der Waals surface area contributed by atoms with Crippen molar-refractivity contribution in [1.82, 2.24) is 19.9 Å². The van der Waals surface area contributed by atoms with E-state index in [2.05, 4.69) is 39.9 Å². The topological polar surface area (TPSA) is 80.5 Å². The van der Waals surface area contributed by atoms with Gasteiger partial charge in [-0.1, -0.05) is 17.3 Å². The Morgan fingerprint density at radius 1 is 1.13 bits per heavy atom. The zero-order chi connectivity index (χ0) is 27.0. The maximum absolute atomic E-state index is 13.3. The van der Waals surface area contributed by atoms with Gasteiger partial charge in [0.25, 0.3) is 0 Å². The van der Waals surface area contributed by atoms with Gasteiger partial charge in [0.05, 0.1) is 15.3 Å². The van der Waals surface area contributed by atoms with Crippen molar-refractivity contribution in [1.29, 1.82) is 0 Å². The lowest BCUT2D eigenvalue weighted by molar-refractivity contribution is -0.169. The van der Waals surface area contributed by atoms with E-state index in [1.165, 1.54) is 57.7 Å². The van der Waals surface area contributed by atoms with Crippen LogP contribution in [-0.4, -0.2) is 56.7 Å². The maximum Gasteiger partial charge on any atom is 0.349 e. The highest BCUT2D eigenvalue weighted by Gasteiger charge is 2.45. The standard InChI is InChI=1S/C30H36N4O3S2/c1-20-19-25-28(24-8-3-7-23(20)24)34(32-31-25)16-6-15-33(2)21-11-13-22(14-12-21)37-29(35)30(36,26-9-4-17-38-26)27-10-5-18-39-27/h4-5,9-10,17-19,21-22,36H,3,6-8,11-16H2,1-2H3. The summed E-state index contributed by atoms with van der Waals surface area (Å²) >= 11 is 2.75. The Morgan fingerprint density at radius 3 is 2.49 bits per heavy atom. The summed E-state index contributed by atoms with van der Waals surface area (Å²) in [6.45, 7) is 4.05. The van der Waals surface area contributed by atoms with Gasteiger partial charge in [0, 0.05) is 12.6 Å². The molecule has 1 saturated carbocycles. The summed E-state index contributed by atoms with van der Waals surface area (Å²) in [7, 11) is 2.20. The lowest BCUT2D eigenvalue weighted by Gasteiger charge is -2.35. The molecule has 3 heterocycles. The van der Waals surface area contributed by atoms with E-state index in [4.69, 9.17) is 4.74 Å². The molecule has 0 atom stereocenters. The molecule has 2 aliphatic rings. The first-order chi connectivity index (χ1) is 18.9. The van der Waals surface area contributed by atoms with Crippen molar-refractivity contribution in [3.8, 4) is 0 Å². The number of nitrogens with zero attached hydrogens (tertiary/aromatic N) is 4. The molecule has 6 rings (SSSR count). The van der Waals surface area contributed by atoms with Crippen LogP contribution in [0.5, 0.6) is 0 Å². The molecule has 0 radical (unpaired) electrons. The van der Waals surface area contributed by atoms with E-state index in [-0.39, 0.29) is 6.10 Å². The van der Waals surface area contributed by atoms with Crippen LogP contribution in [0.2, 0.25) is 0 Å².